The zero-order chi connectivity index (χ0) is 27.3. The largest absolute Gasteiger partial charge is 0.457 e. The number of esters is 1. The Hall–Kier alpha value is -2.13. The van der Waals surface area contributed by atoms with Crippen molar-refractivity contribution in [1.82, 2.24) is 4.98 Å². The lowest BCUT2D eigenvalue weighted by Gasteiger charge is -2.35. The molecule has 7 nitrogen and oxygen atoms in total. The molecule has 0 saturated carbocycles. The van der Waals surface area contributed by atoms with Crippen LogP contribution in [0.5, 0.6) is 0 Å². The van der Waals surface area contributed by atoms with E-state index in [1.54, 1.807) is 25.2 Å². The lowest BCUT2D eigenvalue weighted by molar-refractivity contribution is -0.156. The number of allylic oxidation sites excluding steroid dienone is 1. The average molecular weight is 531 g/mol. The monoisotopic (exact) mass is 530 g/mol. The first kappa shape index (κ1) is 29.4. The van der Waals surface area contributed by atoms with Crippen molar-refractivity contribution in [2.75, 3.05) is 0 Å². The molecule has 0 aliphatic carbocycles. The summed E-state index contributed by atoms with van der Waals surface area (Å²) in [6.45, 7) is 9.57. The van der Waals surface area contributed by atoms with Crippen molar-refractivity contribution in [3.63, 3.8) is 0 Å². The first-order chi connectivity index (χ1) is 17.5. The smallest absolute Gasteiger partial charge is 0.309 e. The number of aromatic nitrogens is 1. The molecule has 3 rings (SSSR count). The molecular weight excluding hydrogens is 488 g/mol. The van der Waals surface area contributed by atoms with E-state index in [0.29, 0.717) is 19.4 Å². The number of ketones is 1. The third-order valence-corrected chi connectivity index (χ3v) is 8.85. The van der Waals surface area contributed by atoms with E-state index in [2.05, 4.69) is 18.0 Å². The summed E-state index contributed by atoms with van der Waals surface area (Å²) in [7, 11) is 0. The number of fused-ring (bicyclic) bond motifs is 1. The lowest BCUT2D eigenvalue weighted by Crippen LogP contribution is -2.46. The van der Waals surface area contributed by atoms with Gasteiger partial charge in [0.05, 0.1) is 34.3 Å². The number of carbonyl (C=O) groups is 2. The molecule has 204 valence electrons. The van der Waals surface area contributed by atoms with Gasteiger partial charge in [0.2, 0.25) is 0 Å². The Morgan fingerprint density at radius 3 is 2.65 bits per heavy atom. The molecule has 0 radical (unpaired) electrons. The third kappa shape index (κ3) is 7.05. The highest BCUT2D eigenvalue weighted by Crippen LogP contribution is 2.35. The average Bonchev–Trinajstić information content (AvgIpc) is 3.28. The Kier molecular flexibility index (Phi) is 10.0. The number of aliphatic hydroxyl groups is 2. The molecule has 37 heavy (non-hydrogen) atoms. The van der Waals surface area contributed by atoms with Crippen LogP contribution in [0, 0.1) is 17.3 Å². The number of hydrogen-bond acceptors (Lipinski definition) is 8. The molecule has 0 fully saturated rings. The molecule has 2 aromatic rings. The summed E-state index contributed by atoms with van der Waals surface area (Å²) in [5, 5.41) is 22.8. The number of Topliss-reactive ketones (excluding diaryl/α,β-unsaturated/α-hetero) is 1. The van der Waals surface area contributed by atoms with E-state index in [-0.39, 0.29) is 18.1 Å². The Labute approximate surface area is 224 Å². The Balaban J connectivity index is 1.93. The van der Waals surface area contributed by atoms with Gasteiger partial charge >= 0.3 is 5.97 Å². The molecule has 5 unspecified atom stereocenters. The van der Waals surface area contributed by atoms with Crippen LogP contribution >= 0.6 is 11.3 Å². The van der Waals surface area contributed by atoms with E-state index in [1.165, 1.54) is 5.57 Å². The van der Waals surface area contributed by atoms with Crippen molar-refractivity contribution in [1.29, 1.82) is 0 Å². The summed E-state index contributed by atoms with van der Waals surface area (Å²) in [6, 6.07) is 5.85. The second kappa shape index (κ2) is 12.6. The highest BCUT2D eigenvalue weighted by atomic mass is 32.1. The second-order valence-corrected chi connectivity index (χ2v) is 12.1. The van der Waals surface area contributed by atoms with E-state index in [9.17, 15) is 19.8 Å². The summed E-state index contributed by atoms with van der Waals surface area (Å²) in [4.78, 5) is 31.1. The summed E-state index contributed by atoms with van der Waals surface area (Å²) in [5.74, 6) is -1.45. The first-order valence-electron chi connectivity index (χ1n) is 13.3. The normalized spacial score (nSPS) is 30.1. The van der Waals surface area contributed by atoms with Crippen molar-refractivity contribution in [2.45, 2.75) is 98.0 Å². The minimum atomic E-state index is -1.23. The topological polar surface area (TPSA) is 123 Å². The van der Waals surface area contributed by atoms with Gasteiger partial charge in [-0.1, -0.05) is 45.4 Å². The molecule has 1 aliphatic heterocycles. The molecule has 0 saturated heterocycles. The summed E-state index contributed by atoms with van der Waals surface area (Å²) in [5.41, 5.74) is 7.37. The SMILES string of the molecule is CCC1C(=O)C(C)(C)C(O)CC(=O)OC(c2ccc3sc(CN)nc3c2)C/C=C(\C)CCCC(C)C1O. The molecule has 1 aliphatic rings. The van der Waals surface area contributed by atoms with E-state index in [0.717, 1.165) is 40.1 Å². The van der Waals surface area contributed by atoms with E-state index >= 15 is 0 Å². The predicted molar refractivity (Wildman–Crippen MR) is 147 cm³/mol. The Morgan fingerprint density at radius 2 is 1.97 bits per heavy atom. The number of aliphatic hydroxyl groups excluding tert-OH is 2. The predicted octanol–water partition coefficient (Wildman–Crippen LogP) is 5.23. The van der Waals surface area contributed by atoms with Crippen LogP contribution in [0.2, 0.25) is 0 Å². The Morgan fingerprint density at radius 1 is 1.24 bits per heavy atom. The number of cyclic esters (lactones) is 1. The summed E-state index contributed by atoms with van der Waals surface area (Å²) >= 11 is 1.54. The van der Waals surface area contributed by atoms with E-state index in [1.807, 2.05) is 32.0 Å². The summed E-state index contributed by atoms with van der Waals surface area (Å²) in [6.07, 6.45) is 2.71. The minimum Gasteiger partial charge on any atom is -0.457 e. The second-order valence-electron chi connectivity index (χ2n) is 11.0. The molecule has 1 aromatic heterocycles. The van der Waals surface area contributed by atoms with Gasteiger partial charge < -0.3 is 20.7 Å². The first-order valence-corrected chi connectivity index (χ1v) is 14.1. The van der Waals surface area contributed by atoms with E-state index < -0.39 is 35.6 Å². The van der Waals surface area contributed by atoms with Crippen LogP contribution in [0.1, 0.15) is 89.8 Å². The minimum absolute atomic E-state index is 0.0523. The molecule has 5 atom stereocenters. The van der Waals surface area contributed by atoms with Crippen molar-refractivity contribution in [3.05, 3.63) is 40.4 Å². The van der Waals surface area contributed by atoms with Crippen LogP contribution in [-0.2, 0) is 20.9 Å². The van der Waals surface area contributed by atoms with Gasteiger partial charge in [-0.3, -0.25) is 9.59 Å². The number of hydrogen-bond donors (Lipinski definition) is 3. The van der Waals surface area contributed by atoms with Crippen molar-refractivity contribution in [3.8, 4) is 0 Å². The van der Waals surface area contributed by atoms with Gasteiger partial charge in [0.1, 0.15) is 16.9 Å². The number of carbonyl (C=O) groups excluding carboxylic acids is 2. The number of nitrogens with zero attached hydrogens (tertiary/aromatic N) is 1. The molecule has 4 N–H and O–H groups in total. The number of benzene rings is 1. The Bertz CT molecular complexity index is 1120. The van der Waals surface area contributed by atoms with Crippen LogP contribution < -0.4 is 5.73 Å². The van der Waals surface area contributed by atoms with Gasteiger partial charge in [0.25, 0.3) is 0 Å². The standard InChI is InChI=1S/C29H42N2O5S/c1-6-20-27(34)18(3)9-7-8-17(2)10-12-22(36-26(33)15-24(32)29(4,5)28(20)35)19-11-13-23-21(14-19)31-25(16-30)37-23/h10-11,13-14,18,20,22,24,27,32,34H,6-9,12,15-16,30H2,1-5H3/b17-10+. The van der Waals surface area contributed by atoms with Crippen LogP contribution in [0.3, 0.4) is 0 Å². The highest BCUT2D eigenvalue weighted by molar-refractivity contribution is 7.18. The number of ether oxygens (including phenoxy) is 1. The van der Waals surface area contributed by atoms with Gasteiger partial charge in [-0.2, -0.15) is 0 Å². The van der Waals surface area contributed by atoms with Gasteiger partial charge in [-0.05, 0) is 56.2 Å². The molecular formula is C29H42N2O5S. The van der Waals surface area contributed by atoms with Gasteiger partial charge in [0, 0.05) is 18.9 Å². The van der Waals surface area contributed by atoms with Gasteiger partial charge in [-0.15, -0.1) is 11.3 Å². The number of nitrogens with two attached hydrogens (primary N) is 1. The molecule has 0 spiro atoms. The summed E-state index contributed by atoms with van der Waals surface area (Å²) < 4.78 is 6.93. The van der Waals surface area contributed by atoms with Gasteiger partial charge in [-0.25, -0.2) is 4.98 Å². The number of rotatable bonds is 3. The van der Waals surface area contributed by atoms with Crippen LogP contribution in [0.25, 0.3) is 10.2 Å². The fourth-order valence-electron chi connectivity index (χ4n) is 5.06. The van der Waals surface area contributed by atoms with E-state index in [4.69, 9.17) is 10.5 Å². The maximum atomic E-state index is 13.5. The molecule has 0 bridgehead atoms. The van der Waals surface area contributed by atoms with Crippen LogP contribution in [-0.4, -0.2) is 39.2 Å². The fraction of sp³-hybridized carbons (Fsp3) is 0.621. The van der Waals surface area contributed by atoms with Crippen LogP contribution in [0.4, 0.5) is 0 Å². The zero-order valence-electron chi connectivity index (χ0n) is 22.7. The number of thiazole rings is 1. The maximum Gasteiger partial charge on any atom is 0.309 e. The molecule has 2 heterocycles. The lowest BCUT2D eigenvalue weighted by atomic mass is 9.71. The highest BCUT2D eigenvalue weighted by Gasteiger charge is 2.43. The van der Waals surface area contributed by atoms with Crippen molar-refractivity contribution < 1.29 is 24.5 Å². The van der Waals surface area contributed by atoms with Crippen molar-refractivity contribution >= 4 is 33.3 Å². The quantitative estimate of drug-likeness (QED) is 0.367. The maximum absolute atomic E-state index is 13.5. The molecule has 0 amide bonds. The third-order valence-electron chi connectivity index (χ3n) is 7.79. The zero-order valence-corrected chi connectivity index (χ0v) is 23.5. The van der Waals surface area contributed by atoms with Crippen LogP contribution in [0.15, 0.2) is 29.8 Å². The van der Waals surface area contributed by atoms with Crippen molar-refractivity contribution in [2.24, 2.45) is 23.0 Å². The molecule has 1 aromatic carbocycles. The van der Waals surface area contributed by atoms with Gasteiger partial charge in [0.15, 0.2) is 0 Å². The fourth-order valence-corrected chi connectivity index (χ4v) is 5.88. The molecule has 8 heteroatoms.